The van der Waals surface area contributed by atoms with Gasteiger partial charge in [0, 0.05) is 13.0 Å². The van der Waals surface area contributed by atoms with Gasteiger partial charge in [-0.25, -0.2) is 0 Å². The van der Waals surface area contributed by atoms with E-state index in [4.69, 9.17) is 15.7 Å². The fourth-order valence-electron chi connectivity index (χ4n) is 0.679. The van der Waals surface area contributed by atoms with Crippen LogP contribution in [-0.2, 0) is 4.74 Å². The topological polar surface area (TPSA) is 67.8 Å². The molecule has 0 aromatic heterocycles. The summed E-state index contributed by atoms with van der Waals surface area (Å²) < 4.78 is 5.14. The Morgan fingerprint density at radius 2 is 2.40 bits per heavy atom. The molecule has 3 N–H and O–H groups in total. The molecule has 0 bridgehead atoms. The number of nitrogens with zero attached hydrogens (tertiary/aromatic N) is 1. The van der Waals surface area contributed by atoms with E-state index in [2.05, 4.69) is 5.16 Å². The average molecular weight is 146 g/mol. The number of ether oxygens (including phenoxy) is 1. The Morgan fingerprint density at radius 1 is 1.80 bits per heavy atom. The van der Waals surface area contributed by atoms with Gasteiger partial charge < -0.3 is 15.7 Å². The molecule has 0 fully saturated rings. The summed E-state index contributed by atoms with van der Waals surface area (Å²) in [5, 5.41) is 11.0. The van der Waals surface area contributed by atoms with E-state index in [0.29, 0.717) is 13.0 Å². The van der Waals surface area contributed by atoms with E-state index in [0.717, 1.165) is 0 Å². The van der Waals surface area contributed by atoms with Crippen molar-refractivity contribution < 1.29 is 9.94 Å². The third kappa shape index (κ3) is 4.14. The Labute approximate surface area is 60.7 Å². The highest BCUT2D eigenvalue weighted by atomic mass is 16.5. The van der Waals surface area contributed by atoms with Crippen molar-refractivity contribution in [2.45, 2.75) is 26.4 Å². The Hall–Kier alpha value is -0.770. The lowest BCUT2D eigenvalue weighted by molar-refractivity contribution is 0.0809. The molecule has 0 rings (SSSR count). The fraction of sp³-hybridized carbons (Fsp3) is 0.833. The van der Waals surface area contributed by atoms with Crippen molar-refractivity contribution in [3.05, 3.63) is 0 Å². The van der Waals surface area contributed by atoms with Gasteiger partial charge in [0.05, 0.1) is 6.10 Å². The average Bonchev–Trinajstić information content (AvgIpc) is 1.88. The van der Waals surface area contributed by atoms with Crippen LogP contribution in [-0.4, -0.2) is 23.8 Å². The van der Waals surface area contributed by atoms with Crippen LogP contribution in [0.25, 0.3) is 0 Å². The first-order chi connectivity index (χ1) is 4.70. The van der Waals surface area contributed by atoms with Gasteiger partial charge in [-0.1, -0.05) is 5.16 Å². The molecule has 0 aliphatic rings. The molecule has 10 heavy (non-hydrogen) atoms. The summed E-state index contributed by atoms with van der Waals surface area (Å²) in [6.45, 7) is 4.43. The van der Waals surface area contributed by atoms with Crippen LogP contribution >= 0.6 is 0 Å². The third-order valence-electron chi connectivity index (χ3n) is 1.08. The zero-order valence-corrected chi connectivity index (χ0v) is 6.37. The summed E-state index contributed by atoms with van der Waals surface area (Å²) in [4.78, 5) is 0. The minimum atomic E-state index is 0.0286. The van der Waals surface area contributed by atoms with E-state index in [1.165, 1.54) is 0 Å². The van der Waals surface area contributed by atoms with Crippen LogP contribution in [0.15, 0.2) is 5.16 Å². The monoisotopic (exact) mass is 146 g/mol. The highest BCUT2D eigenvalue weighted by molar-refractivity contribution is 5.79. The SMILES string of the molecule is CCOC(C)CC(N)=NO. The molecule has 0 aromatic carbocycles. The molecule has 1 unspecified atom stereocenters. The molecule has 0 saturated heterocycles. The molecule has 4 heteroatoms. The molecule has 0 spiro atoms. The third-order valence-corrected chi connectivity index (χ3v) is 1.08. The quantitative estimate of drug-likeness (QED) is 0.263. The van der Waals surface area contributed by atoms with E-state index >= 15 is 0 Å². The van der Waals surface area contributed by atoms with Crippen LogP contribution in [0.1, 0.15) is 20.3 Å². The van der Waals surface area contributed by atoms with Crippen molar-refractivity contribution in [1.29, 1.82) is 0 Å². The lowest BCUT2D eigenvalue weighted by Crippen LogP contribution is -2.20. The van der Waals surface area contributed by atoms with Crippen molar-refractivity contribution in [2.24, 2.45) is 10.9 Å². The van der Waals surface area contributed by atoms with Crippen LogP contribution in [0.4, 0.5) is 0 Å². The van der Waals surface area contributed by atoms with Gasteiger partial charge in [-0.2, -0.15) is 0 Å². The molecule has 0 aromatic rings. The zero-order chi connectivity index (χ0) is 7.98. The van der Waals surface area contributed by atoms with Crippen molar-refractivity contribution in [3.63, 3.8) is 0 Å². The maximum absolute atomic E-state index is 8.16. The Morgan fingerprint density at radius 3 is 2.80 bits per heavy atom. The first kappa shape index (κ1) is 9.23. The van der Waals surface area contributed by atoms with Crippen LogP contribution in [0.5, 0.6) is 0 Å². The van der Waals surface area contributed by atoms with Crippen molar-refractivity contribution in [3.8, 4) is 0 Å². The van der Waals surface area contributed by atoms with Gasteiger partial charge in [-0.3, -0.25) is 0 Å². The summed E-state index contributed by atoms with van der Waals surface area (Å²) in [5.41, 5.74) is 5.22. The molecule has 0 aliphatic carbocycles. The van der Waals surface area contributed by atoms with Crippen LogP contribution in [0, 0.1) is 0 Å². The first-order valence-electron chi connectivity index (χ1n) is 3.28. The van der Waals surface area contributed by atoms with Crippen LogP contribution in [0.3, 0.4) is 0 Å². The Bertz CT molecular complexity index is 114. The van der Waals surface area contributed by atoms with Gasteiger partial charge in [0.1, 0.15) is 5.84 Å². The number of amidine groups is 1. The number of oxime groups is 1. The fourth-order valence-corrected chi connectivity index (χ4v) is 0.679. The molecule has 0 heterocycles. The largest absolute Gasteiger partial charge is 0.409 e. The Kier molecular flexibility index (Phi) is 4.66. The van der Waals surface area contributed by atoms with Gasteiger partial charge in [-0.05, 0) is 13.8 Å². The second-order valence-corrected chi connectivity index (χ2v) is 2.06. The normalized spacial score (nSPS) is 15.2. The van der Waals surface area contributed by atoms with Gasteiger partial charge in [0.2, 0.25) is 0 Å². The summed E-state index contributed by atoms with van der Waals surface area (Å²) in [7, 11) is 0. The second-order valence-electron chi connectivity index (χ2n) is 2.06. The molecule has 0 amide bonds. The Balaban J connectivity index is 3.47. The molecule has 1 atom stereocenters. The number of hydrogen-bond donors (Lipinski definition) is 2. The molecule has 0 radical (unpaired) electrons. The summed E-state index contributed by atoms with van der Waals surface area (Å²) in [6, 6.07) is 0. The molecule has 0 saturated carbocycles. The first-order valence-corrected chi connectivity index (χ1v) is 3.28. The predicted molar refractivity (Wildman–Crippen MR) is 39.1 cm³/mol. The number of hydrogen-bond acceptors (Lipinski definition) is 3. The van der Waals surface area contributed by atoms with E-state index < -0.39 is 0 Å². The van der Waals surface area contributed by atoms with E-state index in [1.807, 2.05) is 13.8 Å². The smallest absolute Gasteiger partial charge is 0.141 e. The lowest BCUT2D eigenvalue weighted by Gasteiger charge is -2.08. The molecule has 4 nitrogen and oxygen atoms in total. The van der Waals surface area contributed by atoms with Crippen LogP contribution < -0.4 is 5.73 Å². The summed E-state index contributed by atoms with van der Waals surface area (Å²) >= 11 is 0. The van der Waals surface area contributed by atoms with E-state index in [1.54, 1.807) is 0 Å². The van der Waals surface area contributed by atoms with Gasteiger partial charge >= 0.3 is 0 Å². The minimum absolute atomic E-state index is 0.0286. The van der Waals surface area contributed by atoms with Crippen molar-refractivity contribution in [1.82, 2.24) is 0 Å². The highest BCUT2D eigenvalue weighted by Gasteiger charge is 2.02. The van der Waals surface area contributed by atoms with Gasteiger partial charge in [-0.15, -0.1) is 0 Å². The summed E-state index contributed by atoms with van der Waals surface area (Å²) in [5.74, 6) is 0.209. The second kappa shape index (κ2) is 5.05. The lowest BCUT2D eigenvalue weighted by atomic mass is 10.3. The van der Waals surface area contributed by atoms with Gasteiger partial charge in [0.15, 0.2) is 0 Å². The zero-order valence-electron chi connectivity index (χ0n) is 6.37. The molecular formula is C6H14N2O2. The van der Waals surface area contributed by atoms with Crippen LogP contribution in [0.2, 0.25) is 0 Å². The van der Waals surface area contributed by atoms with Crippen molar-refractivity contribution >= 4 is 5.84 Å². The summed E-state index contributed by atoms with van der Waals surface area (Å²) in [6.07, 6.45) is 0.505. The minimum Gasteiger partial charge on any atom is -0.409 e. The maximum atomic E-state index is 8.16. The highest BCUT2D eigenvalue weighted by Crippen LogP contribution is 1.95. The van der Waals surface area contributed by atoms with Crippen molar-refractivity contribution in [2.75, 3.05) is 6.61 Å². The maximum Gasteiger partial charge on any atom is 0.141 e. The van der Waals surface area contributed by atoms with E-state index in [9.17, 15) is 0 Å². The molecule has 60 valence electrons. The van der Waals surface area contributed by atoms with Gasteiger partial charge in [0.25, 0.3) is 0 Å². The number of nitrogens with two attached hydrogens (primary N) is 1. The molecule has 0 aliphatic heterocycles. The van der Waals surface area contributed by atoms with E-state index in [-0.39, 0.29) is 11.9 Å². The molecular weight excluding hydrogens is 132 g/mol. The standard InChI is InChI=1S/C6H14N2O2/c1-3-10-5(2)4-6(7)8-9/h5,9H,3-4H2,1-2H3,(H2,7,8). The predicted octanol–water partition coefficient (Wildman–Crippen LogP) is 0.548. The number of rotatable bonds is 4.